The molecular weight excluding hydrogens is 280 g/mol. The van der Waals surface area contributed by atoms with Crippen molar-refractivity contribution in [2.45, 2.75) is 20.8 Å². The number of halogens is 1. The Morgan fingerprint density at radius 3 is 2.41 bits per heavy atom. The van der Waals surface area contributed by atoms with Gasteiger partial charge in [0.15, 0.2) is 0 Å². The maximum Gasteiger partial charge on any atom is 0.302 e. The number of ether oxygens (including phenoxy) is 1. The molecule has 0 bridgehead atoms. The number of benzene rings is 1. The largest absolute Gasteiger partial charge is 0.461 e. The lowest BCUT2D eigenvalue weighted by atomic mass is 10.0. The molecule has 1 aromatic rings. The van der Waals surface area contributed by atoms with Crippen LogP contribution < -0.4 is 0 Å². The summed E-state index contributed by atoms with van der Waals surface area (Å²) >= 11 is 3.40. The van der Waals surface area contributed by atoms with Crippen molar-refractivity contribution in [3.63, 3.8) is 0 Å². The van der Waals surface area contributed by atoms with Crippen LogP contribution >= 0.6 is 15.9 Å². The lowest BCUT2D eigenvalue weighted by molar-refractivity contribution is -0.140. The van der Waals surface area contributed by atoms with Crippen molar-refractivity contribution in [3.05, 3.63) is 39.9 Å². The molecule has 1 rings (SSSR count). The van der Waals surface area contributed by atoms with Crippen LogP contribution in [0.15, 0.2) is 34.3 Å². The third-order valence-electron chi connectivity index (χ3n) is 2.41. The highest BCUT2D eigenvalue weighted by Crippen LogP contribution is 2.17. The lowest BCUT2D eigenvalue weighted by Crippen LogP contribution is -2.07. The molecule has 0 fully saturated rings. The van der Waals surface area contributed by atoms with Crippen LogP contribution in [0.1, 0.15) is 26.3 Å². The summed E-state index contributed by atoms with van der Waals surface area (Å²) in [7, 11) is 0. The molecule has 0 N–H and O–H groups in total. The van der Waals surface area contributed by atoms with Gasteiger partial charge in [0.1, 0.15) is 6.61 Å². The fourth-order valence-corrected chi connectivity index (χ4v) is 1.60. The van der Waals surface area contributed by atoms with Crippen LogP contribution in [0, 0.1) is 5.92 Å². The van der Waals surface area contributed by atoms with Crippen LogP contribution in [-0.4, -0.2) is 12.6 Å². The monoisotopic (exact) mass is 296 g/mol. The van der Waals surface area contributed by atoms with Crippen LogP contribution in [0.25, 0.3) is 6.08 Å². The van der Waals surface area contributed by atoms with Crippen molar-refractivity contribution >= 4 is 28.0 Å². The van der Waals surface area contributed by atoms with Crippen LogP contribution in [0.4, 0.5) is 0 Å². The minimum atomic E-state index is -0.243. The molecule has 0 saturated heterocycles. The quantitative estimate of drug-likeness (QED) is 0.784. The van der Waals surface area contributed by atoms with E-state index in [0.717, 1.165) is 15.6 Å². The van der Waals surface area contributed by atoms with Gasteiger partial charge in [0.05, 0.1) is 0 Å². The predicted molar refractivity (Wildman–Crippen MR) is 73.6 cm³/mol. The third-order valence-corrected chi connectivity index (χ3v) is 2.93. The van der Waals surface area contributed by atoms with Gasteiger partial charge in [0.2, 0.25) is 0 Å². The number of esters is 1. The van der Waals surface area contributed by atoms with E-state index >= 15 is 0 Å². The van der Waals surface area contributed by atoms with Crippen molar-refractivity contribution in [3.8, 4) is 0 Å². The van der Waals surface area contributed by atoms with E-state index in [-0.39, 0.29) is 5.97 Å². The maximum absolute atomic E-state index is 10.8. The molecule has 0 aliphatic heterocycles. The summed E-state index contributed by atoms with van der Waals surface area (Å²) in [6.07, 6.45) is 2.07. The number of hydrogen-bond acceptors (Lipinski definition) is 2. The summed E-state index contributed by atoms with van der Waals surface area (Å²) in [5, 5.41) is 0. The summed E-state index contributed by atoms with van der Waals surface area (Å²) in [5.41, 5.74) is 2.23. The Morgan fingerprint density at radius 2 is 1.94 bits per heavy atom. The molecule has 0 amide bonds. The number of hydrogen-bond donors (Lipinski definition) is 0. The average Bonchev–Trinajstić information content (AvgIpc) is 2.26. The van der Waals surface area contributed by atoms with Crippen molar-refractivity contribution < 1.29 is 9.53 Å². The van der Waals surface area contributed by atoms with Gasteiger partial charge < -0.3 is 4.74 Å². The smallest absolute Gasteiger partial charge is 0.302 e. The zero-order valence-electron chi connectivity index (χ0n) is 10.4. The van der Waals surface area contributed by atoms with E-state index in [1.54, 1.807) is 0 Å². The van der Waals surface area contributed by atoms with E-state index in [9.17, 15) is 4.79 Å². The molecular formula is C14H17BrO2. The van der Waals surface area contributed by atoms with Crippen LogP contribution in [0.3, 0.4) is 0 Å². The highest BCUT2D eigenvalue weighted by molar-refractivity contribution is 9.10. The molecule has 17 heavy (non-hydrogen) atoms. The number of carbonyl (C=O) groups excluding carboxylic acids is 1. The molecule has 0 saturated carbocycles. The van der Waals surface area contributed by atoms with E-state index < -0.39 is 0 Å². The van der Waals surface area contributed by atoms with Gasteiger partial charge in [-0.25, -0.2) is 0 Å². The zero-order valence-corrected chi connectivity index (χ0v) is 12.0. The van der Waals surface area contributed by atoms with Crippen LogP contribution in [-0.2, 0) is 9.53 Å². The lowest BCUT2D eigenvalue weighted by Gasteiger charge is -2.11. The van der Waals surface area contributed by atoms with Gasteiger partial charge in [0.25, 0.3) is 0 Å². The van der Waals surface area contributed by atoms with Crippen molar-refractivity contribution in [1.29, 1.82) is 0 Å². The van der Waals surface area contributed by atoms with E-state index in [2.05, 4.69) is 35.9 Å². The van der Waals surface area contributed by atoms with Gasteiger partial charge in [-0.3, -0.25) is 4.79 Å². The van der Waals surface area contributed by atoms with Gasteiger partial charge in [-0.1, -0.05) is 48.0 Å². The average molecular weight is 297 g/mol. The first-order chi connectivity index (χ1) is 7.99. The standard InChI is InChI=1S/C14H17BrO2/c1-10(2)13(9-17-11(3)16)8-12-4-6-14(15)7-5-12/h4-8,10H,9H2,1-3H3. The minimum Gasteiger partial charge on any atom is -0.461 e. The fourth-order valence-electron chi connectivity index (χ4n) is 1.33. The third kappa shape index (κ3) is 5.18. The summed E-state index contributed by atoms with van der Waals surface area (Å²) in [5.74, 6) is 0.116. The summed E-state index contributed by atoms with van der Waals surface area (Å²) in [4.78, 5) is 10.8. The van der Waals surface area contributed by atoms with Crippen LogP contribution in [0.2, 0.25) is 0 Å². The molecule has 0 aliphatic rings. The Morgan fingerprint density at radius 1 is 1.35 bits per heavy atom. The molecule has 3 heteroatoms. The van der Waals surface area contributed by atoms with Crippen molar-refractivity contribution in [1.82, 2.24) is 0 Å². The van der Waals surface area contributed by atoms with E-state index in [1.807, 2.05) is 24.3 Å². The molecule has 0 spiro atoms. The molecule has 2 nitrogen and oxygen atoms in total. The topological polar surface area (TPSA) is 26.3 Å². The summed E-state index contributed by atoms with van der Waals surface area (Å²) in [6.45, 7) is 5.98. The fraction of sp³-hybridized carbons (Fsp3) is 0.357. The Kier molecular flexibility index (Phi) is 5.42. The van der Waals surface area contributed by atoms with Gasteiger partial charge in [-0.05, 0) is 29.2 Å². The van der Waals surface area contributed by atoms with Gasteiger partial charge >= 0.3 is 5.97 Å². The van der Waals surface area contributed by atoms with Gasteiger partial charge in [-0.2, -0.15) is 0 Å². The molecule has 0 aliphatic carbocycles. The predicted octanol–water partition coefficient (Wildman–Crippen LogP) is 4.05. The normalized spacial score (nSPS) is 11.7. The molecule has 0 heterocycles. The minimum absolute atomic E-state index is 0.243. The molecule has 0 aromatic heterocycles. The molecule has 0 atom stereocenters. The Bertz CT molecular complexity index is 405. The molecule has 0 unspecified atom stereocenters. The van der Waals surface area contributed by atoms with E-state index in [4.69, 9.17) is 4.74 Å². The first-order valence-corrected chi connectivity index (χ1v) is 6.37. The molecule has 0 radical (unpaired) electrons. The summed E-state index contributed by atoms with van der Waals surface area (Å²) < 4.78 is 6.10. The Hall–Kier alpha value is -1.09. The Balaban J connectivity index is 2.82. The first-order valence-electron chi connectivity index (χ1n) is 5.58. The highest BCUT2D eigenvalue weighted by Gasteiger charge is 2.05. The Labute approximate surface area is 111 Å². The summed E-state index contributed by atoms with van der Waals surface area (Å²) in [6, 6.07) is 8.05. The van der Waals surface area contributed by atoms with Gasteiger partial charge in [0, 0.05) is 11.4 Å². The first kappa shape index (κ1) is 14.0. The van der Waals surface area contributed by atoms with Crippen molar-refractivity contribution in [2.24, 2.45) is 5.92 Å². The number of carbonyl (C=O) groups is 1. The second-order valence-corrected chi connectivity index (χ2v) is 5.12. The molecule has 92 valence electrons. The zero-order chi connectivity index (χ0) is 12.8. The van der Waals surface area contributed by atoms with E-state index in [1.165, 1.54) is 6.92 Å². The van der Waals surface area contributed by atoms with Crippen molar-refractivity contribution in [2.75, 3.05) is 6.61 Å². The van der Waals surface area contributed by atoms with Crippen LogP contribution in [0.5, 0.6) is 0 Å². The number of rotatable bonds is 4. The maximum atomic E-state index is 10.8. The molecule has 1 aromatic carbocycles. The highest BCUT2D eigenvalue weighted by atomic mass is 79.9. The van der Waals surface area contributed by atoms with Gasteiger partial charge in [-0.15, -0.1) is 0 Å². The SMILES string of the molecule is CC(=O)OCC(=Cc1ccc(Br)cc1)C(C)C. The van der Waals surface area contributed by atoms with E-state index in [0.29, 0.717) is 12.5 Å². The second kappa shape index (κ2) is 6.60. The second-order valence-electron chi connectivity index (χ2n) is 4.21.